The molecule has 1 aromatic rings. The summed E-state index contributed by atoms with van der Waals surface area (Å²) in [6.45, 7) is 7.75. The lowest BCUT2D eigenvalue weighted by Crippen LogP contribution is -2.35. The van der Waals surface area contributed by atoms with Gasteiger partial charge in [0.05, 0.1) is 5.69 Å². The average Bonchev–Trinajstić information content (AvgIpc) is 2.82. The van der Waals surface area contributed by atoms with Crippen molar-refractivity contribution in [2.75, 3.05) is 23.3 Å². The van der Waals surface area contributed by atoms with E-state index in [1.807, 2.05) is 26.8 Å². The highest BCUT2D eigenvalue weighted by Gasteiger charge is 2.33. The predicted octanol–water partition coefficient (Wildman–Crippen LogP) is 2.69. The van der Waals surface area contributed by atoms with Crippen LogP contribution in [0.2, 0.25) is 0 Å². The second-order valence-electron chi connectivity index (χ2n) is 5.77. The highest BCUT2D eigenvalue weighted by molar-refractivity contribution is 6.05. The number of hydrogen-bond donors (Lipinski definition) is 1. The van der Waals surface area contributed by atoms with E-state index in [4.69, 9.17) is 0 Å². The van der Waals surface area contributed by atoms with Crippen LogP contribution in [-0.2, 0) is 9.59 Å². The van der Waals surface area contributed by atoms with Crippen molar-refractivity contribution in [1.29, 1.82) is 0 Å². The molecule has 0 aliphatic carbocycles. The van der Waals surface area contributed by atoms with Crippen LogP contribution in [0.15, 0.2) is 29.8 Å². The molecule has 0 saturated carbocycles. The third kappa shape index (κ3) is 3.59. The Kier molecular flexibility index (Phi) is 4.83. The molecule has 0 aromatic heterocycles. The molecule has 1 aromatic carbocycles. The van der Waals surface area contributed by atoms with E-state index in [0.717, 1.165) is 11.1 Å². The molecule has 0 atom stereocenters. The van der Waals surface area contributed by atoms with Gasteiger partial charge in [0.25, 0.3) is 0 Å². The van der Waals surface area contributed by atoms with Gasteiger partial charge in [-0.3, -0.25) is 19.4 Å². The van der Waals surface area contributed by atoms with Crippen LogP contribution < -0.4 is 10.2 Å². The summed E-state index contributed by atoms with van der Waals surface area (Å²) >= 11 is 0. The summed E-state index contributed by atoms with van der Waals surface area (Å²) < 4.78 is 0. The number of nitrogens with zero attached hydrogens (tertiary/aromatic N) is 2. The lowest BCUT2D eigenvalue weighted by molar-refractivity contribution is -0.125. The molecule has 122 valence electrons. The van der Waals surface area contributed by atoms with Crippen LogP contribution in [0, 0.1) is 6.92 Å². The smallest absolute Gasteiger partial charge is 0.322 e. The van der Waals surface area contributed by atoms with E-state index in [1.165, 1.54) is 17.9 Å². The van der Waals surface area contributed by atoms with Gasteiger partial charge >= 0.3 is 6.03 Å². The summed E-state index contributed by atoms with van der Waals surface area (Å²) in [5, 5.41) is 2.82. The maximum atomic E-state index is 12.3. The van der Waals surface area contributed by atoms with Crippen LogP contribution >= 0.6 is 0 Å². The Hall–Kier alpha value is -2.63. The fraction of sp³-hybridized carbons (Fsp3) is 0.353. The minimum atomic E-state index is -0.326. The number of carbonyl (C=O) groups is 3. The highest BCUT2D eigenvalue weighted by atomic mass is 16.2. The minimum Gasteiger partial charge on any atom is -0.322 e. The number of carbonyl (C=O) groups excluding carboxylic acids is 3. The first-order chi connectivity index (χ1) is 10.8. The Bertz CT molecular complexity index is 690. The Morgan fingerprint density at radius 2 is 1.87 bits per heavy atom. The molecule has 1 heterocycles. The first kappa shape index (κ1) is 16.7. The van der Waals surface area contributed by atoms with Crippen LogP contribution in [0.1, 0.15) is 26.3 Å². The molecular weight excluding hydrogens is 294 g/mol. The number of amides is 4. The van der Waals surface area contributed by atoms with Gasteiger partial charge in [-0.1, -0.05) is 11.6 Å². The molecule has 2 rings (SSSR count). The van der Waals surface area contributed by atoms with Crippen LogP contribution in [0.5, 0.6) is 0 Å². The average molecular weight is 315 g/mol. The fourth-order valence-corrected chi connectivity index (χ4v) is 2.53. The lowest BCUT2D eigenvalue weighted by atomic mass is 10.1. The summed E-state index contributed by atoms with van der Waals surface area (Å²) in [6, 6.07) is 5.06. The third-order valence-electron chi connectivity index (χ3n) is 3.66. The summed E-state index contributed by atoms with van der Waals surface area (Å²) in [7, 11) is 0. The third-order valence-corrected chi connectivity index (χ3v) is 3.66. The van der Waals surface area contributed by atoms with Crippen molar-refractivity contribution in [3.8, 4) is 0 Å². The number of anilines is 2. The number of hydrogen-bond acceptors (Lipinski definition) is 3. The number of nitrogens with one attached hydrogen (secondary N) is 1. The van der Waals surface area contributed by atoms with Gasteiger partial charge in [0.15, 0.2) is 0 Å². The quantitative estimate of drug-likeness (QED) is 0.872. The van der Waals surface area contributed by atoms with E-state index in [9.17, 15) is 14.4 Å². The van der Waals surface area contributed by atoms with Gasteiger partial charge in [-0.25, -0.2) is 4.79 Å². The summed E-state index contributed by atoms with van der Waals surface area (Å²) in [5.74, 6) is -0.466. The summed E-state index contributed by atoms with van der Waals surface area (Å²) in [4.78, 5) is 38.4. The predicted molar refractivity (Wildman–Crippen MR) is 89.4 cm³/mol. The molecule has 1 N–H and O–H groups in total. The molecule has 0 spiro atoms. The first-order valence-electron chi connectivity index (χ1n) is 7.46. The van der Waals surface area contributed by atoms with Gasteiger partial charge in [0.2, 0.25) is 11.8 Å². The Morgan fingerprint density at radius 3 is 2.43 bits per heavy atom. The monoisotopic (exact) mass is 315 g/mol. The van der Waals surface area contributed by atoms with Crippen molar-refractivity contribution in [1.82, 2.24) is 4.90 Å². The van der Waals surface area contributed by atoms with Gasteiger partial charge in [-0.05, 0) is 38.5 Å². The normalized spacial score (nSPS) is 14.0. The maximum absolute atomic E-state index is 12.3. The van der Waals surface area contributed by atoms with E-state index in [-0.39, 0.29) is 17.8 Å². The first-order valence-corrected chi connectivity index (χ1v) is 7.46. The molecule has 1 aliphatic heterocycles. The Labute approximate surface area is 135 Å². The van der Waals surface area contributed by atoms with E-state index < -0.39 is 0 Å². The van der Waals surface area contributed by atoms with Gasteiger partial charge in [-0.2, -0.15) is 0 Å². The largest absolute Gasteiger partial charge is 0.331 e. The van der Waals surface area contributed by atoms with Gasteiger partial charge in [-0.15, -0.1) is 0 Å². The van der Waals surface area contributed by atoms with Gasteiger partial charge in [0, 0.05) is 31.8 Å². The molecule has 1 aliphatic rings. The zero-order valence-electron chi connectivity index (χ0n) is 13.8. The van der Waals surface area contributed by atoms with Crippen molar-refractivity contribution < 1.29 is 14.4 Å². The van der Waals surface area contributed by atoms with E-state index >= 15 is 0 Å². The van der Waals surface area contributed by atoms with Crippen LogP contribution in [0.25, 0.3) is 0 Å². The molecule has 0 bridgehead atoms. The zero-order valence-corrected chi connectivity index (χ0v) is 13.8. The molecule has 6 nitrogen and oxygen atoms in total. The van der Waals surface area contributed by atoms with E-state index in [1.54, 1.807) is 17.0 Å². The molecule has 6 heteroatoms. The number of allylic oxidation sites excluding steroid dienone is 1. The minimum absolute atomic E-state index is 0.205. The number of imide groups is 1. The molecule has 1 fully saturated rings. The van der Waals surface area contributed by atoms with Gasteiger partial charge < -0.3 is 5.32 Å². The van der Waals surface area contributed by atoms with Crippen LogP contribution in [0.3, 0.4) is 0 Å². The molecule has 1 saturated heterocycles. The van der Waals surface area contributed by atoms with Crippen LogP contribution in [-0.4, -0.2) is 35.8 Å². The Balaban J connectivity index is 2.27. The van der Waals surface area contributed by atoms with Crippen molar-refractivity contribution in [2.24, 2.45) is 0 Å². The number of urea groups is 1. The topological polar surface area (TPSA) is 69.7 Å². The molecule has 0 unspecified atom stereocenters. The van der Waals surface area contributed by atoms with Crippen LogP contribution in [0.4, 0.5) is 16.2 Å². The second-order valence-corrected chi connectivity index (χ2v) is 5.77. The molecular formula is C17H21N3O3. The fourth-order valence-electron chi connectivity index (χ4n) is 2.53. The van der Waals surface area contributed by atoms with Crippen molar-refractivity contribution in [2.45, 2.75) is 27.7 Å². The zero-order chi connectivity index (χ0) is 17.1. The molecule has 23 heavy (non-hydrogen) atoms. The maximum Gasteiger partial charge on any atom is 0.331 e. The number of rotatable bonds is 3. The van der Waals surface area contributed by atoms with E-state index in [0.29, 0.717) is 24.5 Å². The highest BCUT2D eigenvalue weighted by Crippen LogP contribution is 2.29. The molecule has 0 radical (unpaired) electrons. The molecule has 4 amide bonds. The second kappa shape index (κ2) is 6.64. The standard InChI is InChI=1S/C17H21N3O3/c1-11(2)10-16(22)18-14-6-5-7-15(12(14)3)20-9-8-19(13(4)21)17(20)23/h5-7,10H,8-9H2,1-4H3,(H,18,22). The van der Waals surface area contributed by atoms with Crippen molar-refractivity contribution in [3.05, 3.63) is 35.4 Å². The Morgan fingerprint density at radius 1 is 1.17 bits per heavy atom. The van der Waals surface area contributed by atoms with E-state index in [2.05, 4.69) is 5.32 Å². The van der Waals surface area contributed by atoms with Crippen molar-refractivity contribution >= 4 is 29.2 Å². The summed E-state index contributed by atoms with van der Waals surface area (Å²) in [6.07, 6.45) is 1.52. The van der Waals surface area contributed by atoms with Gasteiger partial charge in [0.1, 0.15) is 0 Å². The number of benzene rings is 1. The lowest BCUT2D eigenvalue weighted by Gasteiger charge is -2.20. The SMILES string of the molecule is CC(=O)N1CCN(c2cccc(NC(=O)C=C(C)C)c2C)C1=O. The summed E-state index contributed by atoms with van der Waals surface area (Å²) in [5.41, 5.74) is 3.05. The van der Waals surface area contributed by atoms with Crippen molar-refractivity contribution in [3.63, 3.8) is 0 Å².